The van der Waals surface area contributed by atoms with E-state index in [1.807, 2.05) is 17.0 Å². The van der Waals surface area contributed by atoms with Gasteiger partial charge in [0.1, 0.15) is 16.3 Å². The van der Waals surface area contributed by atoms with Gasteiger partial charge in [0.2, 0.25) is 0 Å². The molecule has 2 aliphatic heterocycles. The number of nitrogens with zero attached hydrogens (tertiary/aromatic N) is 4. The summed E-state index contributed by atoms with van der Waals surface area (Å²) in [6, 6.07) is 8.95. The third-order valence-corrected chi connectivity index (χ3v) is 9.77. The lowest BCUT2D eigenvalue weighted by molar-refractivity contribution is -0.131. The minimum Gasteiger partial charge on any atom is -0.294 e. The van der Waals surface area contributed by atoms with E-state index in [9.17, 15) is 17.6 Å². The molecule has 0 atom stereocenters. The number of nitrogens with one attached hydrogen (secondary N) is 1. The summed E-state index contributed by atoms with van der Waals surface area (Å²) in [6.45, 7) is 6.39. The number of hydrogen-bond acceptors (Lipinski definition) is 6. The van der Waals surface area contributed by atoms with Crippen molar-refractivity contribution in [3.05, 3.63) is 59.1 Å². The Morgan fingerprint density at radius 1 is 1.07 bits per heavy atom. The van der Waals surface area contributed by atoms with Gasteiger partial charge in [-0.3, -0.25) is 29.4 Å². The first kappa shape index (κ1) is 30.1. The number of aromatic nitrogens is 1. The van der Waals surface area contributed by atoms with Gasteiger partial charge in [0.25, 0.3) is 15.9 Å². The largest absolute Gasteiger partial charge is 0.294 e. The molecule has 8 nitrogen and oxygen atoms in total. The Kier molecular flexibility index (Phi) is 8.92. The van der Waals surface area contributed by atoms with Crippen molar-refractivity contribution in [1.29, 1.82) is 0 Å². The van der Waals surface area contributed by atoms with Gasteiger partial charge in [-0.15, -0.1) is 0 Å². The molecule has 10 heteroatoms. The van der Waals surface area contributed by atoms with Gasteiger partial charge in [-0.05, 0) is 67.9 Å². The molecule has 5 rings (SSSR count). The standard InChI is InChI=1S/C32H40FN5O3S/c1-4-6-11-24-19-23(21-38-27(13-7-5-2)36-32(31(38)39)16-8-9-17-32)14-15-25(24)29-26(12-10-18-34-29)42(40,41)37-30-28(33)22(3)20-35-30/h10,12,14-15,18-19H,4-9,11,13,16-17,20-21H2,1-3H3,(H,35,37). The average Bonchev–Trinajstić information content (AvgIpc) is 3.66. The first-order valence-electron chi connectivity index (χ1n) is 15.1. The summed E-state index contributed by atoms with van der Waals surface area (Å²) in [5, 5.41) is 0. The predicted octanol–water partition coefficient (Wildman–Crippen LogP) is 6.27. The van der Waals surface area contributed by atoms with E-state index in [0.717, 1.165) is 81.2 Å². The molecule has 1 aromatic heterocycles. The summed E-state index contributed by atoms with van der Waals surface area (Å²) in [4.78, 5) is 29.0. The van der Waals surface area contributed by atoms with Gasteiger partial charge in [0.05, 0.1) is 18.8 Å². The Labute approximate surface area is 248 Å². The highest BCUT2D eigenvalue weighted by Crippen LogP contribution is 2.40. The fourth-order valence-corrected chi connectivity index (χ4v) is 7.23. The molecule has 1 spiro atoms. The number of pyridine rings is 1. The first-order chi connectivity index (χ1) is 20.2. The molecule has 0 radical (unpaired) electrons. The topological polar surface area (TPSA) is 104 Å². The van der Waals surface area contributed by atoms with E-state index in [1.54, 1.807) is 19.2 Å². The maximum absolute atomic E-state index is 14.5. The third-order valence-electron chi connectivity index (χ3n) is 8.40. The van der Waals surface area contributed by atoms with Gasteiger partial charge in [-0.25, -0.2) is 12.8 Å². The van der Waals surface area contributed by atoms with Gasteiger partial charge in [-0.1, -0.05) is 57.7 Å². The second-order valence-electron chi connectivity index (χ2n) is 11.6. The summed E-state index contributed by atoms with van der Waals surface area (Å²) in [5.74, 6) is 0.0775. The summed E-state index contributed by atoms with van der Waals surface area (Å²) in [7, 11) is -4.17. The van der Waals surface area contributed by atoms with Crippen LogP contribution in [0.5, 0.6) is 0 Å². The Morgan fingerprint density at radius 3 is 2.50 bits per heavy atom. The molecular formula is C32H40FN5O3S. The van der Waals surface area contributed by atoms with Crippen LogP contribution in [0.1, 0.15) is 89.7 Å². The number of sulfonamides is 1. The molecule has 3 aliphatic rings. The van der Waals surface area contributed by atoms with E-state index >= 15 is 0 Å². The van der Waals surface area contributed by atoms with Gasteiger partial charge in [0, 0.05) is 18.2 Å². The number of aliphatic imine (C=N–C) groups is 2. The molecule has 0 unspecified atom stereocenters. The number of unbranched alkanes of at least 4 members (excludes halogenated alkanes) is 2. The molecule has 0 bridgehead atoms. The summed E-state index contributed by atoms with van der Waals surface area (Å²) < 4.78 is 43.7. The lowest BCUT2D eigenvalue weighted by atomic mass is 9.95. The van der Waals surface area contributed by atoms with Crippen LogP contribution >= 0.6 is 0 Å². The molecule has 1 aliphatic carbocycles. The fraction of sp³-hybridized carbons (Fsp3) is 0.500. The van der Waals surface area contributed by atoms with Crippen molar-refractivity contribution in [3.8, 4) is 11.3 Å². The number of carbonyl (C=O) groups is 1. The Bertz CT molecular complexity index is 1560. The minimum atomic E-state index is -4.17. The van der Waals surface area contributed by atoms with Gasteiger partial charge in [-0.2, -0.15) is 0 Å². The van der Waals surface area contributed by atoms with E-state index in [1.165, 1.54) is 6.07 Å². The average molecular weight is 594 g/mol. The van der Waals surface area contributed by atoms with Crippen LogP contribution in [0, 0.1) is 0 Å². The van der Waals surface area contributed by atoms with Crippen molar-refractivity contribution in [3.63, 3.8) is 0 Å². The number of halogens is 1. The zero-order chi connectivity index (χ0) is 29.9. The van der Waals surface area contributed by atoms with Crippen LogP contribution in [0.3, 0.4) is 0 Å². The molecule has 1 amide bonds. The highest BCUT2D eigenvalue weighted by molar-refractivity contribution is 7.90. The van der Waals surface area contributed by atoms with Crippen LogP contribution in [0.2, 0.25) is 0 Å². The Morgan fingerprint density at radius 2 is 1.81 bits per heavy atom. The van der Waals surface area contributed by atoms with Crippen LogP contribution in [-0.2, 0) is 27.8 Å². The molecule has 1 N–H and O–H groups in total. The van der Waals surface area contributed by atoms with Gasteiger partial charge in [0.15, 0.2) is 11.7 Å². The quantitative estimate of drug-likeness (QED) is 0.332. The zero-order valence-corrected chi connectivity index (χ0v) is 25.6. The fourth-order valence-electron chi connectivity index (χ4n) is 6.04. The first-order valence-corrected chi connectivity index (χ1v) is 16.6. The van der Waals surface area contributed by atoms with E-state index in [-0.39, 0.29) is 23.2 Å². The second kappa shape index (κ2) is 12.5. The monoisotopic (exact) mass is 593 g/mol. The van der Waals surface area contributed by atoms with Crippen molar-refractivity contribution in [1.82, 2.24) is 14.6 Å². The normalized spacial score (nSPS) is 18.3. The van der Waals surface area contributed by atoms with Crippen LogP contribution in [0.4, 0.5) is 4.39 Å². The van der Waals surface area contributed by atoms with Crippen molar-refractivity contribution in [2.75, 3.05) is 6.54 Å². The summed E-state index contributed by atoms with van der Waals surface area (Å²) in [6.07, 6.45) is 10.6. The van der Waals surface area contributed by atoms with E-state index in [4.69, 9.17) is 4.99 Å². The van der Waals surface area contributed by atoms with Crippen LogP contribution in [-0.4, -0.2) is 48.0 Å². The number of hydrogen-bond donors (Lipinski definition) is 1. The Balaban J connectivity index is 1.48. The summed E-state index contributed by atoms with van der Waals surface area (Å²) >= 11 is 0. The third kappa shape index (κ3) is 5.91. The SMILES string of the molecule is CCCCC1=NC2(CCCC2)C(=O)N1Cc1ccc(-c2ncccc2S(=O)(=O)NC2=NCC(C)=C2F)c(CCCC)c1. The van der Waals surface area contributed by atoms with Crippen molar-refractivity contribution < 1.29 is 17.6 Å². The molecule has 224 valence electrons. The molecular weight excluding hydrogens is 553 g/mol. The predicted molar refractivity (Wildman–Crippen MR) is 163 cm³/mol. The van der Waals surface area contributed by atoms with E-state index in [2.05, 4.69) is 34.6 Å². The molecule has 1 aromatic carbocycles. The molecule has 1 fully saturated rings. The number of amidine groups is 2. The van der Waals surface area contributed by atoms with Gasteiger partial charge < -0.3 is 0 Å². The van der Waals surface area contributed by atoms with Crippen molar-refractivity contribution in [2.45, 2.75) is 102 Å². The van der Waals surface area contributed by atoms with Crippen LogP contribution in [0.25, 0.3) is 11.3 Å². The van der Waals surface area contributed by atoms with E-state index in [0.29, 0.717) is 23.4 Å². The number of benzene rings is 1. The lowest BCUT2D eigenvalue weighted by Gasteiger charge is -2.23. The molecule has 1 saturated carbocycles. The summed E-state index contributed by atoms with van der Waals surface area (Å²) in [5.41, 5.74) is 2.73. The maximum atomic E-state index is 14.5. The maximum Gasteiger partial charge on any atom is 0.265 e. The number of rotatable bonds is 11. The van der Waals surface area contributed by atoms with Crippen LogP contribution in [0.15, 0.2) is 62.8 Å². The van der Waals surface area contributed by atoms with E-state index < -0.39 is 21.4 Å². The van der Waals surface area contributed by atoms with Crippen molar-refractivity contribution >= 4 is 27.6 Å². The lowest BCUT2D eigenvalue weighted by Crippen LogP contribution is -2.40. The molecule has 42 heavy (non-hydrogen) atoms. The van der Waals surface area contributed by atoms with Crippen molar-refractivity contribution in [2.24, 2.45) is 9.98 Å². The zero-order valence-electron chi connectivity index (χ0n) is 24.7. The highest BCUT2D eigenvalue weighted by atomic mass is 32.2. The smallest absolute Gasteiger partial charge is 0.265 e. The minimum absolute atomic E-state index is 0.0394. The second-order valence-corrected chi connectivity index (χ2v) is 13.2. The molecule has 3 heterocycles. The number of amides is 1. The molecule has 2 aromatic rings. The molecule has 0 saturated heterocycles. The van der Waals surface area contributed by atoms with Crippen LogP contribution < -0.4 is 4.72 Å². The number of aryl methyl sites for hydroxylation is 1. The van der Waals surface area contributed by atoms with Gasteiger partial charge >= 0.3 is 0 Å². The number of carbonyl (C=O) groups excluding carboxylic acids is 1. The highest BCUT2D eigenvalue weighted by Gasteiger charge is 2.49. The Hall–Kier alpha value is -3.40.